The molecule has 0 aliphatic heterocycles. The highest BCUT2D eigenvalue weighted by Crippen LogP contribution is 2.35. The highest BCUT2D eigenvalue weighted by molar-refractivity contribution is 5.69. The number of para-hydroxylation sites is 1. The Morgan fingerprint density at radius 3 is 2.73 bits per heavy atom. The number of carbonyl (C=O) groups is 1. The van der Waals surface area contributed by atoms with Crippen LogP contribution in [0.3, 0.4) is 0 Å². The summed E-state index contributed by atoms with van der Waals surface area (Å²) in [5, 5.41) is 10.2. The topological polar surface area (TPSA) is 55.8 Å². The van der Waals surface area contributed by atoms with Crippen LogP contribution in [-0.2, 0) is 9.53 Å². The molecule has 1 aliphatic rings. The third kappa shape index (κ3) is 7.04. The summed E-state index contributed by atoms with van der Waals surface area (Å²) < 4.78 is 10.3. The van der Waals surface area contributed by atoms with E-state index in [1.807, 2.05) is 36.4 Å². The van der Waals surface area contributed by atoms with E-state index in [4.69, 9.17) is 4.74 Å². The van der Waals surface area contributed by atoms with Gasteiger partial charge in [-0.15, -0.1) is 0 Å². The van der Waals surface area contributed by atoms with Gasteiger partial charge in [0.15, 0.2) is 0 Å². The van der Waals surface area contributed by atoms with Gasteiger partial charge in [-0.05, 0) is 56.1 Å². The molecule has 3 atom stereocenters. The summed E-state index contributed by atoms with van der Waals surface area (Å²) in [6.45, 7) is 0.661. The number of rotatable bonds is 10. The number of esters is 1. The first-order valence-corrected chi connectivity index (χ1v) is 9.45. The molecule has 0 amide bonds. The molecular formula is C22H30O4. The predicted molar refractivity (Wildman–Crippen MR) is 103 cm³/mol. The lowest BCUT2D eigenvalue weighted by molar-refractivity contribution is -0.140. The standard InChI is InChI=1S/C22H30O4/c1-25-22(24)14-7-3-6-13-20-18(15-16-21(20)23)10-8-9-17-26-19-11-4-2-5-12-19/h2-6,8,10-12,18,20-21,23H,7,9,13-17H2,1H3/b6-3+,10-8+/t18-,20+,21-/m0/s1. The zero-order chi connectivity index (χ0) is 18.6. The number of benzene rings is 1. The van der Waals surface area contributed by atoms with Gasteiger partial charge in [0, 0.05) is 6.42 Å². The Labute approximate surface area is 156 Å². The van der Waals surface area contributed by atoms with E-state index in [1.54, 1.807) is 0 Å². The van der Waals surface area contributed by atoms with Crippen LogP contribution in [0.4, 0.5) is 0 Å². The highest BCUT2D eigenvalue weighted by atomic mass is 16.5. The van der Waals surface area contributed by atoms with Crippen LogP contribution in [-0.4, -0.2) is 30.9 Å². The fraction of sp³-hybridized carbons (Fsp3) is 0.500. The summed E-state index contributed by atoms with van der Waals surface area (Å²) in [5.74, 6) is 1.38. The summed E-state index contributed by atoms with van der Waals surface area (Å²) in [6, 6.07) is 9.82. The van der Waals surface area contributed by atoms with Gasteiger partial charge >= 0.3 is 5.97 Å². The van der Waals surface area contributed by atoms with E-state index in [0.717, 1.165) is 31.4 Å². The maximum Gasteiger partial charge on any atom is 0.305 e. The van der Waals surface area contributed by atoms with Crippen LogP contribution >= 0.6 is 0 Å². The molecule has 2 rings (SSSR count). The maximum absolute atomic E-state index is 11.1. The molecule has 4 nitrogen and oxygen atoms in total. The van der Waals surface area contributed by atoms with Crippen molar-refractivity contribution in [3.63, 3.8) is 0 Å². The highest BCUT2D eigenvalue weighted by Gasteiger charge is 2.32. The predicted octanol–water partition coefficient (Wildman–Crippen LogP) is 4.30. The van der Waals surface area contributed by atoms with Gasteiger partial charge in [-0.25, -0.2) is 0 Å². The zero-order valence-corrected chi connectivity index (χ0v) is 15.5. The molecule has 142 valence electrons. The van der Waals surface area contributed by atoms with E-state index < -0.39 is 0 Å². The average molecular weight is 358 g/mol. The van der Waals surface area contributed by atoms with Crippen molar-refractivity contribution in [1.29, 1.82) is 0 Å². The van der Waals surface area contributed by atoms with E-state index in [2.05, 4.69) is 23.0 Å². The Morgan fingerprint density at radius 2 is 1.96 bits per heavy atom. The molecule has 1 saturated carbocycles. The SMILES string of the molecule is COC(=O)CC/C=C/C[C@H]1[C@@H](O)CC[C@@H]1/C=C/CCOc1ccccc1. The number of hydrogen-bond donors (Lipinski definition) is 1. The Balaban J connectivity index is 1.69. The fourth-order valence-electron chi connectivity index (χ4n) is 3.35. The number of allylic oxidation sites excluding steroid dienone is 3. The van der Waals surface area contributed by atoms with Crippen molar-refractivity contribution in [2.75, 3.05) is 13.7 Å². The molecule has 0 aromatic heterocycles. The first-order chi connectivity index (χ1) is 12.7. The van der Waals surface area contributed by atoms with Gasteiger partial charge in [-0.2, -0.15) is 0 Å². The van der Waals surface area contributed by atoms with Gasteiger partial charge in [0.2, 0.25) is 0 Å². The van der Waals surface area contributed by atoms with E-state index in [-0.39, 0.29) is 18.0 Å². The summed E-state index contributed by atoms with van der Waals surface area (Å²) in [7, 11) is 1.41. The van der Waals surface area contributed by atoms with Crippen LogP contribution in [0.2, 0.25) is 0 Å². The molecule has 0 bridgehead atoms. The van der Waals surface area contributed by atoms with Crippen LogP contribution in [0.15, 0.2) is 54.6 Å². The number of aliphatic hydroxyl groups excluding tert-OH is 1. The summed E-state index contributed by atoms with van der Waals surface area (Å²) in [6.07, 6.45) is 12.9. The number of carbonyl (C=O) groups excluding carboxylic acids is 1. The second kappa shape index (κ2) is 11.5. The molecule has 0 spiro atoms. The molecule has 1 aromatic carbocycles. The Hall–Kier alpha value is -2.07. The lowest BCUT2D eigenvalue weighted by Crippen LogP contribution is -2.17. The van der Waals surface area contributed by atoms with Crippen molar-refractivity contribution in [1.82, 2.24) is 0 Å². The minimum absolute atomic E-state index is 0.186. The van der Waals surface area contributed by atoms with Crippen molar-refractivity contribution in [3.8, 4) is 5.75 Å². The van der Waals surface area contributed by atoms with Gasteiger partial charge in [0.25, 0.3) is 0 Å². The fourth-order valence-corrected chi connectivity index (χ4v) is 3.35. The molecule has 0 heterocycles. The van der Waals surface area contributed by atoms with Crippen LogP contribution < -0.4 is 4.74 Å². The van der Waals surface area contributed by atoms with Crippen LogP contribution in [0.25, 0.3) is 0 Å². The van der Waals surface area contributed by atoms with Crippen molar-refractivity contribution < 1.29 is 19.4 Å². The number of aliphatic hydroxyl groups is 1. The quantitative estimate of drug-likeness (QED) is 0.385. The van der Waals surface area contributed by atoms with Gasteiger partial charge in [0.1, 0.15) is 5.75 Å². The second-order valence-corrected chi connectivity index (χ2v) is 6.67. The van der Waals surface area contributed by atoms with Crippen LogP contribution in [0.5, 0.6) is 5.75 Å². The minimum atomic E-state index is -0.240. The molecule has 26 heavy (non-hydrogen) atoms. The van der Waals surface area contributed by atoms with Crippen molar-refractivity contribution in [3.05, 3.63) is 54.6 Å². The molecule has 1 N–H and O–H groups in total. The third-order valence-electron chi connectivity index (χ3n) is 4.84. The van der Waals surface area contributed by atoms with E-state index in [9.17, 15) is 9.90 Å². The van der Waals surface area contributed by atoms with E-state index >= 15 is 0 Å². The normalized spacial score (nSPS) is 22.9. The molecule has 4 heteroatoms. The van der Waals surface area contributed by atoms with Gasteiger partial charge in [0.05, 0.1) is 19.8 Å². The van der Waals surface area contributed by atoms with Gasteiger partial charge < -0.3 is 14.6 Å². The number of methoxy groups -OCH3 is 1. The second-order valence-electron chi connectivity index (χ2n) is 6.67. The molecule has 0 radical (unpaired) electrons. The van der Waals surface area contributed by atoms with Gasteiger partial charge in [-0.3, -0.25) is 4.79 Å². The lowest BCUT2D eigenvalue weighted by Gasteiger charge is -2.17. The third-order valence-corrected chi connectivity index (χ3v) is 4.84. The Kier molecular flexibility index (Phi) is 8.98. The smallest absolute Gasteiger partial charge is 0.305 e. The molecular weight excluding hydrogens is 328 g/mol. The Morgan fingerprint density at radius 1 is 1.15 bits per heavy atom. The summed E-state index contributed by atoms with van der Waals surface area (Å²) >= 11 is 0. The average Bonchev–Trinajstić information content (AvgIpc) is 3.01. The summed E-state index contributed by atoms with van der Waals surface area (Å²) in [5.41, 5.74) is 0. The molecule has 1 aromatic rings. The number of hydrogen-bond acceptors (Lipinski definition) is 4. The minimum Gasteiger partial charge on any atom is -0.493 e. The van der Waals surface area contributed by atoms with Gasteiger partial charge in [-0.1, -0.05) is 42.5 Å². The van der Waals surface area contributed by atoms with Crippen LogP contribution in [0, 0.1) is 11.8 Å². The molecule has 0 saturated heterocycles. The van der Waals surface area contributed by atoms with E-state index in [0.29, 0.717) is 25.4 Å². The first-order valence-electron chi connectivity index (χ1n) is 9.45. The monoisotopic (exact) mass is 358 g/mol. The lowest BCUT2D eigenvalue weighted by atomic mass is 9.90. The van der Waals surface area contributed by atoms with E-state index in [1.165, 1.54) is 7.11 Å². The molecule has 1 aliphatic carbocycles. The Bertz CT molecular complexity index is 579. The van der Waals surface area contributed by atoms with Crippen molar-refractivity contribution >= 4 is 5.97 Å². The van der Waals surface area contributed by atoms with Crippen molar-refractivity contribution in [2.24, 2.45) is 11.8 Å². The van der Waals surface area contributed by atoms with Crippen LogP contribution in [0.1, 0.15) is 38.5 Å². The zero-order valence-electron chi connectivity index (χ0n) is 15.5. The number of ether oxygens (including phenoxy) is 2. The maximum atomic E-state index is 11.1. The first kappa shape index (κ1) is 20.2. The largest absolute Gasteiger partial charge is 0.493 e. The van der Waals surface area contributed by atoms with Crippen molar-refractivity contribution in [2.45, 2.75) is 44.6 Å². The molecule has 0 unspecified atom stereocenters. The summed E-state index contributed by atoms with van der Waals surface area (Å²) in [4.78, 5) is 11.1. The molecule has 1 fully saturated rings.